The van der Waals surface area contributed by atoms with Gasteiger partial charge in [-0.2, -0.15) is 0 Å². The van der Waals surface area contributed by atoms with E-state index in [4.69, 9.17) is 0 Å². The molecule has 0 amide bonds. The quantitative estimate of drug-likeness (QED) is 0.770. The van der Waals surface area contributed by atoms with Crippen LogP contribution in [0.4, 0.5) is 10.1 Å². The Morgan fingerprint density at radius 1 is 1.07 bits per heavy atom. The van der Waals surface area contributed by atoms with Crippen LogP contribution in [-0.4, -0.2) is 29.1 Å². The fraction of sp³-hybridized carbons (Fsp3) is 0.368. The van der Waals surface area contributed by atoms with Crippen molar-refractivity contribution in [1.82, 2.24) is 4.72 Å². The summed E-state index contributed by atoms with van der Waals surface area (Å²) < 4.78 is 66.5. The van der Waals surface area contributed by atoms with Crippen LogP contribution in [0.1, 0.15) is 28.7 Å². The maximum atomic E-state index is 14.4. The van der Waals surface area contributed by atoms with E-state index in [2.05, 4.69) is 4.72 Å². The van der Waals surface area contributed by atoms with E-state index in [-0.39, 0.29) is 30.3 Å². The van der Waals surface area contributed by atoms with Crippen molar-refractivity contribution in [2.45, 2.75) is 32.6 Å². The predicted molar refractivity (Wildman–Crippen MR) is 108 cm³/mol. The maximum absolute atomic E-state index is 14.4. The molecule has 0 atom stereocenters. The number of nitrogens with one attached hydrogen (secondary N) is 1. The molecule has 152 valence electrons. The number of benzene rings is 2. The fourth-order valence-electron chi connectivity index (χ4n) is 3.13. The van der Waals surface area contributed by atoms with Crippen LogP contribution < -0.4 is 9.03 Å². The molecular weight excluding hydrogens is 403 g/mol. The molecule has 1 fully saturated rings. The molecule has 0 aliphatic carbocycles. The summed E-state index contributed by atoms with van der Waals surface area (Å²) in [5.41, 5.74) is 3.20. The third-order valence-electron chi connectivity index (χ3n) is 4.80. The van der Waals surface area contributed by atoms with Crippen molar-refractivity contribution in [3.8, 4) is 0 Å². The minimum Gasteiger partial charge on any atom is -0.267 e. The predicted octanol–water partition coefficient (Wildman–Crippen LogP) is 2.60. The molecule has 0 radical (unpaired) electrons. The number of hydrogen-bond acceptors (Lipinski definition) is 4. The van der Waals surface area contributed by atoms with Crippen LogP contribution in [0.5, 0.6) is 0 Å². The Balaban J connectivity index is 1.68. The summed E-state index contributed by atoms with van der Waals surface area (Å²) in [7, 11) is -7.07. The Morgan fingerprint density at radius 3 is 2.39 bits per heavy atom. The first-order valence-corrected chi connectivity index (χ1v) is 12.2. The van der Waals surface area contributed by atoms with Crippen molar-refractivity contribution in [1.29, 1.82) is 0 Å². The summed E-state index contributed by atoms with van der Waals surface area (Å²) in [5, 5.41) is 0. The van der Waals surface area contributed by atoms with Crippen molar-refractivity contribution in [3.63, 3.8) is 0 Å². The average molecular weight is 427 g/mol. The number of rotatable bonds is 6. The second-order valence-electron chi connectivity index (χ2n) is 7.03. The van der Waals surface area contributed by atoms with E-state index >= 15 is 0 Å². The highest BCUT2D eigenvalue weighted by Crippen LogP contribution is 2.27. The molecule has 0 unspecified atom stereocenters. The van der Waals surface area contributed by atoms with E-state index in [0.29, 0.717) is 17.5 Å². The largest absolute Gasteiger partial charge is 0.267 e. The van der Waals surface area contributed by atoms with Gasteiger partial charge in [0.15, 0.2) is 0 Å². The maximum Gasteiger partial charge on any atom is 0.235 e. The first-order valence-electron chi connectivity index (χ1n) is 8.90. The van der Waals surface area contributed by atoms with E-state index in [1.165, 1.54) is 18.2 Å². The van der Waals surface area contributed by atoms with Crippen LogP contribution in [0.2, 0.25) is 0 Å². The monoisotopic (exact) mass is 426 g/mol. The number of nitrogens with zero attached hydrogens (tertiary/aromatic N) is 1. The summed E-state index contributed by atoms with van der Waals surface area (Å²) in [6.07, 6.45) is 0.460. The second kappa shape index (κ2) is 7.81. The first kappa shape index (κ1) is 20.8. The van der Waals surface area contributed by atoms with Crippen molar-refractivity contribution < 1.29 is 21.2 Å². The molecule has 0 spiro atoms. The molecule has 28 heavy (non-hydrogen) atoms. The molecule has 0 saturated carbocycles. The minimum atomic E-state index is -3.60. The molecule has 0 aromatic heterocycles. The molecule has 1 N–H and O–H groups in total. The van der Waals surface area contributed by atoms with Gasteiger partial charge in [0.25, 0.3) is 0 Å². The molecule has 1 aliphatic heterocycles. The Kier molecular flexibility index (Phi) is 5.79. The van der Waals surface area contributed by atoms with Crippen molar-refractivity contribution in [2.24, 2.45) is 0 Å². The zero-order valence-corrected chi connectivity index (χ0v) is 17.4. The van der Waals surface area contributed by atoms with Crippen LogP contribution >= 0.6 is 0 Å². The van der Waals surface area contributed by atoms with Crippen LogP contribution in [0, 0.1) is 19.7 Å². The van der Waals surface area contributed by atoms with Gasteiger partial charge in [-0.25, -0.2) is 25.9 Å². The van der Waals surface area contributed by atoms with Crippen molar-refractivity contribution >= 4 is 25.7 Å². The smallest absolute Gasteiger partial charge is 0.235 e. The summed E-state index contributed by atoms with van der Waals surface area (Å²) in [6.45, 7) is 4.06. The lowest BCUT2D eigenvalue weighted by molar-refractivity contribution is 0.579. The van der Waals surface area contributed by atoms with Gasteiger partial charge in [0.1, 0.15) is 5.82 Å². The Bertz CT molecular complexity index is 1100. The molecule has 9 heteroatoms. The number of aryl methyl sites for hydroxylation is 2. The molecule has 1 saturated heterocycles. The van der Waals surface area contributed by atoms with Crippen LogP contribution in [0.15, 0.2) is 36.4 Å². The van der Waals surface area contributed by atoms with Crippen LogP contribution in [0.25, 0.3) is 0 Å². The molecule has 1 heterocycles. The number of sulfonamides is 2. The Morgan fingerprint density at radius 2 is 1.79 bits per heavy atom. The van der Waals surface area contributed by atoms with Crippen LogP contribution in [-0.2, 0) is 32.3 Å². The van der Waals surface area contributed by atoms with E-state index < -0.39 is 25.9 Å². The highest BCUT2D eigenvalue weighted by Gasteiger charge is 2.30. The lowest BCUT2D eigenvalue weighted by Gasteiger charge is -2.18. The highest BCUT2D eigenvalue weighted by atomic mass is 32.2. The first-order chi connectivity index (χ1) is 13.1. The highest BCUT2D eigenvalue weighted by molar-refractivity contribution is 7.93. The molecule has 1 aliphatic rings. The van der Waals surface area contributed by atoms with Crippen molar-refractivity contribution in [2.75, 3.05) is 16.6 Å². The lowest BCUT2D eigenvalue weighted by Crippen LogP contribution is -2.27. The zero-order chi connectivity index (χ0) is 20.5. The summed E-state index contributed by atoms with van der Waals surface area (Å²) in [5.74, 6) is -0.843. The molecule has 3 rings (SSSR count). The van der Waals surface area contributed by atoms with Crippen LogP contribution in [0.3, 0.4) is 0 Å². The summed E-state index contributed by atoms with van der Waals surface area (Å²) >= 11 is 0. The number of halogens is 1. The standard InChI is InChI=1S/C19H23FN2O4S2/c1-14-4-5-17(10-15(14)2)13-27(23,24)21-12-16-6-7-19(18(20)11-16)22-8-3-9-28(22,25)26/h4-7,10-11,21H,3,8-9,12-13H2,1-2H3. The normalized spacial score (nSPS) is 16.5. The lowest BCUT2D eigenvalue weighted by atomic mass is 10.1. The SMILES string of the molecule is Cc1ccc(CS(=O)(=O)NCc2ccc(N3CCCS3(=O)=O)c(F)c2)cc1C. The third-order valence-corrected chi connectivity index (χ3v) is 7.96. The van der Waals surface area contributed by atoms with Gasteiger partial charge in [-0.15, -0.1) is 0 Å². The van der Waals surface area contributed by atoms with E-state index in [1.54, 1.807) is 6.07 Å². The average Bonchev–Trinajstić information content (AvgIpc) is 2.95. The Labute approximate surface area is 165 Å². The van der Waals surface area contributed by atoms with Gasteiger partial charge >= 0.3 is 0 Å². The van der Waals surface area contributed by atoms with Gasteiger partial charge in [-0.3, -0.25) is 4.31 Å². The van der Waals surface area contributed by atoms with Crippen molar-refractivity contribution in [3.05, 3.63) is 64.5 Å². The van der Waals surface area contributed by atoms with E-state index in [9.17, 15) is 21.2 Å². The van der Waals surface area contributed by atoms with E-state index in [0.717, 1.165) is 15.4 Å². The molecule has 2 aromatic carbocycles. The topological polar surface area (TPSA) is 83.6 Å². The van der Waals surface area contributed by atoms with Gasteiger partial charge in [0.2, 0.25) is 20.0 Å². The molecule has 2 aromatic rings. The fourth-order valence-corrected chi connectivity index (χ4v) is 5.81. The second-order valence-corrected chi connectivity index (χ2v) is 10.8. The van der Waals surface area contributed by atoms with Gasteiger partial charge in [0.05, 0.1) is 17.2 Å². The molecule has 0 bridgehead atoms. The zero-order valence-electron chi connectivity index (χ0n) is 15.8. The van der Waals surface area contributed by atoms with Gasteiger partial charge in [0, 0.05) is 13.1 Å². The Hall–Kier alpha value is -1.97. The van der Waals surface area contributed by atoms with Gasteiger partial charge in [-0.1, -0.05) is 24.3 Å². The van der Waals surface area contributed by atoms with Gasteiger partial charge < -0.3 is 0 Å². The number of hydrogen-bond donors (Lipinski definition) is 1. The number of anilines is 1. The summed E-state index contributed by atoms with van der Waals surface area (Å²) in [6, 6.07) is 9.56. The van der Waals surface area contributed by atoms with Gasteiger partial charge in [-0.05, 0) is 54.7 Å². The molecular formula is C19H23FN2O4S2. The summed E-state index contributed by atoms with van der Waals surface area (Å²) in [4.78, 5) is 0. The minimum absolute atomic E-state index is 0.000706. The van der Waals surface area contributed by atoms with E-state index in [1.807, 2.05) is 26.0 Å². The third kappa shape index (κ3) is 4.71. The molecule has 6 nitrogen and oxygen atoms in total.